The van der Waals surface area contributed by atoms with Crippen LogP contribution in [0, 0.1) is 17.6 Å². The fraction of sp³-hybridized carbons (Fsp3) is 0.333. The summed E-state index contributed by atoms with van der Waals surface area (Å²) in [5, 5.41) is 15.5. The van der Waals surface area contributed by atoms with Crippen LogP contribution in [0.3, 0.4) is 0 Å². The summed E-state index contributed by atoms with van der Waals surface area (Å²) in [6, 6.07) is 26.5. The summed E-state index contributed by atoms with van der Waals surface area (Å²) < 4.78 is 37.1. The Kier molecular flexibility index (Phi) is 8.71. The summed E-state index contributed by atoms with van der Waals surface area (Å²) in [7, 11) is 0. The lowest BCUT2D eigenvalue weighted by Crippen LogP contribution is -2.47. The summed E-state index contributed by atoms with van der Waals surface area (Å²) in [5.41, 5.74) is 1.55. The van der Waals surface area contributed by atoms with Gasteiger partial charge >= 0.3 is 6.09 Å². The van der Waals surface area contributed by atoms with Crippen molar-refractivity contribution in [3.8, 4) is 11.4 Å². The van der Waals surface area contributed by atoms with Crippen LogP contribution >= 0.6 is 0 Å². The molecule has 5 aromatic rings. The summed E-state index contributed by atoms with van der Waals surface area (Å²) in [4.78, 5) is 17.5. The second kappa shape index (κ2) is 12.9. The molecule has 10 heteroatoms. The average Bonchev–Trinajstić information content (AvgIpc) is 3.58. The summed E-state index contributed by atoms with van der Waals surface area (Å²) in [5.74, 6) is -1.30. The Balaban J connectivity index is 1.33. The number of benzene rings is 4. The highest BCUT2D eigenvalue weighted by molar-refractivity contribution is 5.86. The van der Waals surface area contributed by atoms with E-state index in [0.29, 0.717) is 26.1 Å². The molecule has 0 saturated carbocycles. The highest BCUT2D eigenvalue weighted by atomic mass is 19.1. The number of fused-ring (bicyclic) bond motifs is 1. The number of rotatable bonds is 7. The van der Waals surface area contributed by atoms with E-state index in [9.17, 15) is 4.79 Å². The van der Waals surface area contributed by atoms with Gasteiger partial charge in [0.25, 0.3) is 0 Å². The maximum atomic E-state index is 15.6. The second-order valence-electron chi connectivity index (χ2n) is 12.9. The van der Waals surface area contributed by atoms with E-state index in [4.69, 9.17) is 4.74 Å². The minimum atomic E-state index is -0.684. The van der Waals surface area contributed by atoms with Gasteiger partial charge in [0.2, 0.25) is 0 Å². The molecule has 2 heterocycles. The van der Waals surface area contributed by atoms with Crippen molar-refractivity contribution < 1.29 is 18.3 Å². The monoisotopic (exact) mass is 624 g/mol. The summed E-state index contributed by atoms with van der Waals surface area (Å²) in [6.07, 6.45) is 0.213. The number of aromatic nitrogens is 4. The molecular weight excluding hydrogens is 586 g/mol. The second-order valence-corrected chi connectivity index (χ2v) is 12.9. The summed E-state index contributed by atoms with van der Waals surface area (Å²) in [6.45, 7) is 8.83. The highest BCUT2D eigenvalue weighted by Gasteiger charge is 2.37. The van der Waals surface area contributed by atoms with Crippen molar-refractivity contribution in [1.29, 1.82) is 0 Å². The number of tetrazole rings is 1. The van der Waals surface area contributed by atoms with Gasteiger partial charge < -0.3 is 14.5 Å². The normalized spacial score (nSPS) is 17.6. The number of ether oxygens (including phenoxy) is 1. The number of anilines is 1. The minimum absolute atomic E-state index is 0.00532. The lowest BCUT2D eigenvalue weighted by atomic mass is 9.79. The van der Waals surface area contributed by atoms with Gasteiger partial charge in [-0.2, -0.15) is 0 Å². The fourth-order valence-corrected chi connectivity index (χ4v) is 6.53. The van der Waals surface area contributed by atoms with Gasteiger partial charge in [-0.05, 0) is 84.5 Å². The first-order valence-electron chi connectivity index (χ1n) is 15.6. The average molecular weight is 625 g/mol. The first-order valence-corrected chi connectivity index (χ1v) is 15.6. The molecule has 1 amide bonds. The zero-order valence-electron chi connectivity index (χ0n) is 26.5. The smallest absolute Gasteiger partial charge is 0.410 e. The first kappa shape index (κ1) is 31.1. The van der Waals surface area contributed by atoms with Crippen molar-refractivity contribution in [2.75, 3.05) is 24.5 Å². The van der Waals surface area contributed by atoms with Crippen LogP contribution in [-0.2, 0) is 4.74 Å². The number of amides is 1. The third-order valence-electron chi connectivity index (χ3n) is 8.74. The molecule has 6 rings (SSSR count). The van der Waals surface area contributed by atoms with Gasteiger partial charge in [-0.3, -0.25) is 0 Å². The zero-order chi connectivity index (χ0) is 32.4. The van der Waals surface area contributed by atoms with Gasteiger partial charge in [-0.1, -0.05) is 72.8 Å². The molecule has 1 fully saturated rings. The van der Waals surface area contributed by atoms with E-state index in [2.05, 4.69) is 44.9 Å². The Bertz CT molecular complexity index is 1780. The third-order valence-corrected chi connectivity index (χ3v) is 8.74. The van der Waals surface area contributed by atoms with E-state index >= 15 is 8.78 Å². The third kappa shape index (κ3) is 6.56. The number of carbonyl (C=O) groups excluding carboxylic acids is 1. The van der Waals surface area contributed by atoms with Gasteiger partial charge in [-0.15, -0.1) is 5.10 Å². The van der Waals surface area contributed by atoms with Crippen LogP contribution in [0.15, 0.2) is 84.9 Å². The van der Waals surface area contributed by atoms with Crippen molar-refractivity contribution in [3.63, 3.8) is 0 Å². The number of nitrogens with zero attached hydrogens (tertiary/aromatic N) is 5. The van der Waals surface area contributed by atoms with Crippen LogP contribution in [0.4, 0.5) is 19.3 Å². The SMILES string of the molecule is C[C@H](c1cccc2ccccc12)N(CC1CCN(c2c(F)cc(-c3nnn[nH]3)cc2F)CC1c1ccccc1)C(=O)OC(C)(C)C. The fourth-order valence-electron chi connectivity index (χ4n) is 6.53. The molecule has 238 valence electrons. The molecule has 0 aliphatic carbocycles. The minimum Gasteiger partial charge on any atom is -0.444 e. The number of piperidine rings is 1. The Morgan fingerprint density at radius 2 is 1.72 bits per heavy atom. The van der Waals surface area contributed by atoms with Crippen molar-refractivity contribution in [3.05, 3.63) is 108 Å². The van der Waals surface area contributed by atoms with E-state index in [1.54, 1.807) is 4.90 Å². The van der Waals surface area contributed by atoms with Crippen LogP contribution in [0.25, 0.3) is 22.2 Å². The molecule has 46 heavy (non-hydrogen) atoms. The molecule has 0 radical (unpaired) electrons. The van der Waals surface area contributed by atoms with E-state index in [1.165, 1.54) is 12.1 Å². The summed E-state index contributed by atoms with van der Waals surface area (Å²) >= 11 is 0. The number of aromatic amines is 1. The van der Waals surface area contributed by atoms with Crippen molar-refractivity contribution in [1.82, 2.24) is 25.5 Å². The van der Waals surface area contributed by atoms with Crippen LogP contribution < -0.4 is 4.90 Å². The van der Waals surface area contributed by atoms with E-state index in [-0.39, 0.29) is 35.0 Å². The van der Waals surface area contributed by atoms with Crippen LogP contribution in [0.1, 0.15) is 57.2 Å². The Labute approximate surface area is 267 Å². The first-order chi connectivity index (χ1) is 22.1. The zero-order valence-corrected chi connectivity index (χ0v) is 26.5. The molecule has 8 nitrogen and oxygen atoms in total. The molecule has 2 unspecified atom stereocenters. The number of halogens is 2. The van der Waals surface area contributed by atoms with Crippen molar-refractivity contribution >= 4 is 22.6 Å². The van der Waals surface area contributed by atoms with Gasteiger partial charge in [0.1, 0.15) is 22.9 Å². The Hall–Kier alpha value is -4.86. The van der Waals surface area contributed by atoms with E-state index < -0.39 is 23.3 Å². The lowest BCUT2D eigenvalue weighted by Gasteiger charge is -2.43. The van der Waals surface area contributed by atoms with E-state index in [1.807, 2.05) is 81.1 Å². The number of hydrogen-bond acceptors (Lipinski definition) is 6. The van der Waals surface area contributed by atoms with Crippen LogP contribution in [0.5, 0.6) is 0 Å². The van der Waals surface area contributed by atoms with Gasteiger partial charge in [0.15, 0.2) is 5.82 Å². The number of nitrogens with one attached hydrogen (secondary N) is 1. The molecular formula is C36H38F2N6O2. The molecule has 1 aliphatic heterocycles. The Morgan fingerprint density at radius 1 is 1.02 bits per heavy atom. The molecule has 1 aromatic heterocycles. The quantitative estimate of drug-likeness (QED) is 0.198. The standard InChI is InChI=1S/C36H38F2N6O2/c1-23(28-16-10-14-24-13-8-9-15-29(24)28)44(35(45)46-36(2,3)4)21-26-17-18-43(22-30(26)25-11-6-5-7-12-25)33-31(37)19-27(20-32(33)38)34-39-41-42-40-34/h5-16,19-20,23,26,30H,17-18,21-22H2,1-4H3,(H,39,40,41,42)/t23-,26?,30?/m1/s1. The maximum absolute atomic E-state index is 15.6. The number of carbonyl (C=O) groups is 1. The number of H-pyrrole nitrogens is 1. The van der Waals surface area contributed by atoms with Crippen LogP contribution in [0.2, 0.25) is 0 Å². The number of hydrogen-bond donors (Lipinski definition) is 1. The maximum Gasteiger partial charge on any atom is 0.410 e. The van der Waals surface area contributed by atoms with Crippen LogP contribution in [-0.4, -0.2) is 56.9 Å². The molecule has 3 atom stereocenters. The largest absolute Gasteiger partial charge is 0.444 e. The topological polar surface area (TPSA) is 87.2 Å². The van der Waals surface area contributed by atoms with Gasteiger partial charge in [-0.25, -0.2) is 18.7 Å². The van der Waals surface area contributed by atoms with E-state index in [0.717, 1.165) is 21.9 Å². The lowest BCUT2D eigenvalue weighted by molar-refractivity contribution is 0.0121. The van der Waals surface area contributed by atoms with Gasteiger partial charge in [0, 0.05) is 31.1 Å². The molecule has 1 saturated heterocycles. The Morgan fingerprint density at radius 3 is 2.41 bits per heavy atom. The van der Waals surface area contributed by atoms with Crippen molar-refractivity contribution in [2.45, 2.75) is 51.7 Å². The van der Waals surface area contributed by atoms with Gasteiger partial charge in [0.05, 0.1) is 6.04 Å². The molecule has 0 spiro atoms. The molecule has 4 aromatic carbocycles. The predicted octanol–water partition coefficient (Wildman–Crippen LogP) is 7.91. The highest BCUT2D eigenvalue weighted by Crippen LogP contribution is 2.40. The molecule has 1 aliphatic rings. The van der Waals surface area contributed by atoms with Crippen molar-refractivity contribution in [2.24, 2.45) is 5.92 Å². The molecule has 0 bridgehead atoms. The molecule has 1 N–H and O–H groups in total. The predicted molar refractivity (Wildman–Crippen MR) is 174 cm³/mol.